The standard InChI is InChI=1S/C9H15F3O3/c1-8(2,3)6(13)5(7(14)15-4)9(10,11)12/h5-6,13H,1-4H3/t5-,6+/m0/s1. The van der Waals surface area contributed by atoms with Crippen LogP contribution >= 0.6 is 0 Å². The second kappa shape index (κ2) is 4.38. The van der Waals surface area contributed by atoms with Gasteiger partial charge in [0.25, 0.3) is 0 Å². The van der Waals surface area contributed by atoms with Crippen molar-refractivity contribution in [3.63, 3.8) is 0 Å². The first-order chi connectivity index (χ1) is 6.51. The third kappa shape index (κ3) is 3.70. The van der Waals surface area contributed by atoms with Gasteiger partial charge in [-0.3, -0.25) is 4.79 Å². The van der Waals surface area contributed by atoms with Gasteiger partial charge in [0.1, 0.15) is 0 Å². The predicted molar refractivity (Wildman–Crippen MR) is 47.0 cm³/mol. The van der Waals surface area contributed by atoms with E-state index in [4.69, 9.17) is 0 Å². The minimum atomic E-state index is -4.81. The van der Waals surface area contributed by atoms with E-state index < -0.39 is 29.6 Å². The summed E-state index contributed by atoms with van der Waals surface area (Å²) in [5.74, 6) is -3.97. The fourth-order valence-electron chi connectivity index (χ4n) is 1.07. The number of methoxy groups -OCH3 is 1. The fourth-order valence-corrected chi connectivity index (χ4v) is 1.07. The van der Waals surface area contributed by atoms with Crippen LogP contribution in [0.2, 0.25) is 0 Å². The molecule has 0 bridgehead atoms. The van der Waals surface area contributed by atoms with Gasteiger partial charge in [0.2, 0.25) is 0 Å². The van der Waals surface area contributed by atoms with Crippen LogP contribution in [-0.4, -0.2) is 30.5 Å². The van der Waals surface area contributed by atoms with Gasteiger partial charge in [-0.25, -0.2) is 0 Å². The van der Waals surface area contributed by atoms with Crippen molar-refractivity contribution in [3.8, 4) is 0 Å². The van der Waals surface area contributed by atoms with Gasteiger partial charge < -0.3 is 9.84 Å². The second-order valence-corrected chi connectivity index (χ2v) is 4.35. The van der Waals surface area contributed by atoms with E-state index in [0.717, 1.165) is 7.11 Å². The summed E-state index contributed by atoms with van der Waals surface area (Å²) in [6.07, 6.45) is -6.63. The molecule has 0 radical (unpaired) electrons. The van der Waals surface area contributed by atoms with Crippen LogP contribution in [0.4, 0.5) is 13.2 Å². The molecule has 15 heavy (non-hydrogen) atoms. The highest BCUT2D eigenvalue weighted by Crippen LogP contribution is 2.36. The average molecular weight is 228 g/mol. The molecule has 0 aliphatic heterocycles. The molecule has 0 saturated carbocycles. The highest BCUT2D eigenvalue weighted by Gasteiger charge is 2.53. The summed E-state index contributed by atoms with van der Waals surface area (Å²) in [6, 6.07) is 0. The van der Waals surface area contributed by atoms with Crippen LogP contribution in [0, 0.1) is 11.3 Å². The summed E-state index contributed by atoms with van der Waals surface area (Å²) < 4.78 is 41.5. The van der Waals surface area contributed by atoms with E-state index in [1.54, 1.807) is 0 Å². The summed E-state index contributed by atoms with van der Waals surface area (Å²) in [5, 5.41) is 9.46. The molecule has 0 aromatic rings. The smallest absolute Gasteiger partial charge is 0.404 e. The molecule has 0 aromatic carbocycles. The highest BCUT2D eigenvalue weighted by molar-refractivity contribution is 5.74. The van der Waals surface area contributed by atoms with Crippen molar-refractivity contribution in [3.05, 3.63) is 0 Å². The van der Waals surface area contributed by atoms with Crippen LogP contribution < -0.4 is 0 Å². The minimum Gasteiger partial charge on any atom is -0.468 e. The maximum absolute atomic E-state index is 12.5. The SMILES string of the molecule is COC(=O)[C@H]([C@@H](O)C(C)(C)C)C(F)(F)F. The molecule has 0 aromatic heterocycles. The molecule has 0 spiro atoms. The normalized spacial score (nSPS) is 17.1. The summed E-state index contributed by atoms with van der Waals surface area (Å²) in [4.78, 5) is 10.9. The Morgan fingerprint density at radius 2 is 1.67 bits per heavy atom. The molecule has 0 amide bonds. The van der Waals surface area contributed by atoms with Crippen LogP contribution in [0.15, 0.2) is 0 Å². The van der Waals surface area contributed by atoms with Crippen molar-refractivity contribution in [2.75, 3.05) is 7.11 Å². The number of ether oxygens (including phenoxy) is 1. The summed E-state index contributed by atoms with van der Waals surface area (Å²) in [5.41, 5.74) is -1.05. The number of carbonyl (C=O) groups excluding carboxylic acids is 1. The molecule has 90 valence electrons. The van der Waals surface area contributed by atoms with Crippen molar-refractivity contribution in [1.82, 2.24) is 0 Å². The van der Waals surface area contributed by atoms with Gasteiger partial charge in [-0.05, 0) is 5.41 Å². The number of hydrogen-bond donors (Lipinski definition) is 1. The molecule has 0 heterocycles. The third-order valence-corrected chi connectivity index (χ3v) is 2.01. The number of hydrogen-bond acceptors (Lipinski definition) is 3. The molecule has 0 aliphatic carbocycles. The van der Waals surface area contributed by atoms with Gasteiger partial charge in [-0.15, -0.1) is 0 Å². The Kier molecular flexibility index (Phi) is 4.16. The van der Waals surface area contributed by atoms with Crippen molar-refractivity contribution in [1.29, 1.82) is 0 Å². The number of carbonyl (C=O) groups is 1. The van der Waals surface area contributed by atoms with E-state index in [1.165, 1.54) is 20.8 Å². The molecular formula is C9H15F3O3. The lowest BCUT2D eigenvalue weighted by Crippen LogP contribution is -2.46. The van der Waals surface area contributed by atoms with Gasteiger partial charge in [-0.1, -0.05) is 20.8 Å². The lowest BCUT2D eigenvalue weighted by molar-refractivity contribution is -0.223. The Labute approximate surface area is 86.2 Å². The number of rotatable bonds is 2. The number of aliphatic hydroxyl groups excluding tert-OH is 1. The Bertz CT molecular complexity index is 230. The summed E-state index contributed by atoms with van der Waals surface area (Å²) >= 11 is 0. The highest BCUT2D eigenvalue weighted by atomic mass is 19.4. The zero-order valence-electron chi connectivity index (χ0n) is 9.05. The van der Waals surface area contributed by atoms with Crippen LogP contribution in [0.25, 0.3) is 0 Å². The zero-order valence-corrected chi connectivity index (χ0v) is 9.05. The monoisotopic (exact) mass is 228 g/mol. The fraction of sp³-hybridized carbons (Fsp3) is 0.889. The molecule has 3 nitrogen and oxygen atoms in total. The third-order valence-electron chi connectivity index (χ3n) is 2.01. The molecule has 2 atom stereocenters. The van der Waals surface area contributed by atoms with Crippen LogP contribution in [-0.2, 0) is 9.53 Å². The minimum absolute atomic E-state index is 0.858. The molecule has 1 N–H and O–H groups in total. The van der Waals surface area contributed by atoms with Gasteiger partial charge in [-0.2, -0.15) is 13.2 Å². The van der Waals surface area contributed by atoms with Gasteiger partial charge in [0.15, 0.2) is 5.92 Å². The van der Waals surface area contributed by atoms with Crippen LogP contribution in [0.3, 0.4) is 0 Å². The number of halogens is 3. The van der Waals surface area contributed by atoms with Crippen LogP contribution in [0.5, 0.6) is 0 Å². The first-order valence-electron chi connectivity index (χ1n) is 4.34. The Hall–Kier alpha value is -0.780. The van der Waals surface area contributed by atoms with E-state index >= 15 is 0 Å². The van der Waals surface area contributed by atoms with Crippen molar-refractivity contribution >= 4 is 5.97 Å². The number of esters is 1. The second-order valence-electron chi connectivity index (χ2n) is 4.35. The van der Waals surface area contributed by atoms with Gasteiger partial charge in [0.05, 0.1) is 13.2 Å². The average Bonchev–Trinajstić information content (AvgIpc) is 1.99. The first kappa shape index (κ1) is 14.2. The van der Waals surface area contributed by atoms with Crippen molar-refractivity contribution in [2.45, 2.75) is 33.1 Å². The maximum atomic E-state index is 12.5. The summed E-state index contributed by atoms with van der Waals surface area (Å²) in [7, 11) is 0.858. The predicted octanol–water partition coefficient (Wildman–Crippen LogP) is 1.74. The maximum Gasteiger partial charge on any atom is 0.404 e. The van der Waals surface area contributed by atoms with E-state index in [9.17, 15) is 23.1 Å². The molecule has 0 aliphatic rings. The largest absolute Gasteiger partial charge is 0.468 e. The molecule has 6 heteroatoms. The van der Waals surface area contributed by atoms with E-state index in [2.05, 4.69) is 4.74 Å². The molecule has 0 unspecified atom stereocenters. The first-order valence-corrected chi connectivity index (χ1v) is 4.34. The topological polar surface area (TPSA) is 46.5 Å². The molecule has 0 fully saturated rings. The Morgan fingerprint density at radius 3 is 1.87 bits per heavy atom. The van der Waals surface area contributed by atoms with Gasteiger partial charge >= 0.3 is 12.1 Å². The molecule has 0 saturated heterocycles. The molecule has 0 rings (SSSR count). The van der Waals surface area contributed by atoms with E-state index in [-0.39, 0.29) is 0 Å². The quantitative estimate of drug-likeness (QED) is 0.732. The van der Waals surface area contributed by atoms with Gasteiger partial charge in [0, 0.05) is 0 Å². The van der Waals surface area contributed by atoms with Crippen molar-refractivity contribution < 1.29 is 27.8 Å². The van der Waals surface area contributed by atoms with E-state index in [1.807, 2.05) is 0 Å². The Morgan fingerprint density at radius 1 is 1.27 bits per heavy atom. The zero-order chi connectivity index (χ0) is 12.4. The number of alkyl halides is 3. The Balaban J connectivity index is 5.05. The van der Waals surface area contributed by atoms with Crippen LogP contribution in [0.1, 0.15) is 20.8 Å². The lowest BCUT2D eigenvalue weighted by Gasteiger charge is -2.32. The molecular weight excluding hydrogens is 213 g/mol. The summed E-state index contributed by atoms with van der Waals surface area (Å²) in [6.45, 7) is 4.25. The number of aliphatic hydroxyl groups is 1. The van der Waals surface area contributed by atoms with Crippen molar-refractivity contribution in [2.24, 2.45) is 11.3 Å². The lowest BCUT2D eigenvalue weighted by atomic mass is 9.81. The van der Waals surface area contributed by atoms with E-state index in [0.29, 0.717) is 0 Å².